The molecule has 4 rings (SSSR count). The lowest BCUT2D eigenvalue weighted by Gasteiger charge is -2.27. The number of anilines is 2. The maximum Gasteiger partial charge on any atom is 0.294 e. The van der Waals surface area contributed by atoms with E-state index in [-0.39, 0.29) is 11.3 Å². The number of benzene rings is 2. The highest BCUT2D eigenvalue weighted by molar-refractivity contribution is 7.12. The highest BCUT2D eigenvalue weighted by atomic mass is 32.1. The number of aliphatic hydroxyl groups excluding tert-OH is 1. The van der Waals surface area contributed by atoms with Gasteiger partial charge in [-0.2, -0.15) is 0 Å². The van der Waals surface area contributed by atoms with Crippen LogP contribution in [-0.4, -0.2) is 30.9 Å². The van der Waals surface area contributed by atoms with Gasteiger partial charge < -0.3 is 10.0 Å². The third kappa shape index (κ3) is 3.59. The number of aliphatic hydroxyl groups is 1. The zero-order chi connectivity index (χ0) is 22.3. The number of thiophene rings is 1. The minimum absolute atomic E-state index is 0.0334. The number of halogens is 2. The summed E-state index contributed by atoms with van der Waals surface area (Å²) in [6.07, 6.45) is 0. The van der Waals surface area contributed by atoms with Crippen LogP contribution in [0, 0.1) is 11.6 Å². The maximum absolute atomic E-state index is 13.9. The van der Waals surface area contributed by atoms with Gasteiger partial charge in [0.25, 0.3) is 5.91 Å². The van der Waals surface area contributed by atoms with Gasteiger partial charge >= 0.3 is 0 Å². The first-order chi connectivity index (χ1) is 14.8. The molecule has 1 amide bonds. The first kappa shape index (κ1) is 20.7. The second kappa shape index (κ2) is 7.96. The summed E-state index contributed by atoms with van der Waals surface area (Å²) < 4.78 is 27.4. The Kier molecular flexibility index (Phi) is 5.32. The van der Waals surface area contributed by atoms with E-state index in [0.717, 1.165) is 22.7 Å². The Morgan fingerprint density at radius 2 is 1.77 bits per heavy atom. The average molecular weight is 440 g/mol. The van der Waals surface area contributed by atoms with Crippen molar-refractivity contribution in [3.05, 3.63) is 93.4 Å². The molecule has 1 atom stereocenters. The van der Waals surface area contributed by atoms with Gasteiger partial charge in [0, 0.05) is 31.5 Å². The van der Waals surface area contributed by atoms with Crippen LogP contribution in [0.1, 0.15) is 21.3 Å². The van der Waals surface area contributed by atoms with Crippen LogP contribution in [-0.2, 0) is 4.79 Å². The summed E-state index contributed by atoms with van der Waals surface area (Å²) >= 11 is 1.19. The molecule has 3 aromatic rings. The number of ketones is 1. The number of amides is 1. The first-order valence-corrected chi connectivity index (χ1v) is 10.2. The molecule has 0 aliphatic carbocycles. The van der Waals surface area contributed by atoms with Crippen LogP contribution in [0.15, 0.2) is 71.3 Å². The summed E-state index contributed by atoms with van der Waals surface area (Å²) in [6, 6.07) is 12.4. The van der Waals surface area contributed by atoms with Gasteiger partial charge in [-0.1, -0.05) is 18.2 Å². The largest absolute Gasteiger partial charge is 0.503 e. The quantitative estimate of drug-likeness (QED) is 0.575. The van der Waals surface area contributed by atoms with Crippen molar-refractivity contribution < 1.29 is 23.5 Å². The Hall–Kier alpha value is -3.52. The summed E-state index contributed by atoms with van der Waals surface area (Å²) in [7, 11) is 3.75. The van der Waals surface area contributed by atoms with Crippen LogP contribution in [0.4, 0.5) is 20.2 Å². The lowest BCUT2D eigenvalue weighted by atomic mass is 9.95. The molecule has 0 saturated heterocycles. The first-order valence-electron chi connectivity index (χ1n) is 9.37. The van der Waals surface area contributed by atoms with Crippen molar-refractivity contribution >= 4 is 34.4 Å². The zero-order valence-corrected chi connectivity index (χ0v) is 17.5. The SMILES string of the molecule is CN(C)c1ccc(C2C(C(=O)c3cccs3)=C(O)C(=O)N2c2ccc(F)c(F)c2)cc1. The van der Waals surface area contributed by atoms with Crippen molar-refractivity contribution in [3.8, 4) is 0 Å². The lowest BCUT2D eigenvalue weighted by molar-refractivity contribution is -0.117. The fourth-order valence-electron chi connectivity index (χ4n) is 3.55. The molecule has 158 valence electrons. The van der Waals surface area contributed by atoms with E-state index in [4.69, 9.17) is 0 Å². The number of carbonyl (C=O) groups excluding carboxylic acids is 2. The molecule has 31 heavy (non-hydrogen) atoms. The van der Waals surface area contributed by atoms with Crippen LogP contribution >= 0.6 is 11.3 Å². The minimum atomic E-state index is -1.13. The van der Waals surface area contributed by atoms with Gasteiger partial charge in [0.2, 0.25) is 5.78 Å². The van der Waals surface area contributed by atoms with Crippen molar-refractivity contribution in [2.75, 3.05) is 23.9 Å². The molecule has 8 heteroatoms. The fraction of sp³-hybridized carbons (Fsp3) is 0.130. The Morgan fingerprint density at radius 1 is 1.06 bits per heavy atom. The zero-order valence-electron chi connectivity index (χ0n) is 16.7. The molecule has 0 fully saturated rings. The van der Waals surface area contributed by atoms with Crippen molar-refractivity contribution in [2.45, 2.75) is 6.04 Å². The topological polar surface area (TPSA) is 60.9 Å². The fourth-order valence-corrected chi connectivity index (χ4v) is 4.23. The second-order valence-corrected chi connectivity index (χ2v) is 8.18. The third-order valence-corrected chi connectivity index (χ3v) is 5.97. The van der Waals surface area contributed by atoms with E-state index in [1.807, 2.05) is 31.1 Å². The van der Waals surface area contributed by atoms with Crippen LogP contribution in [0.3, 0.4) is 0 Å². The van der Waals surface area contributed by atoms with Crippen LogP contribution in [0.25, 0.3) is 0 Å². The number of nitrogens with zero attached hydrogens (tertiary/aromatic N) is 2. The van der Waals surface area contributed by atoms with E-state index in [1.165, 1.54) is 17.4 Å². The minimum Gasteiger partial charge on any atom is -0.503 e. The number of rotatable bonds is 5. The summed E-state index contributed by atoms with van der Waals surface area (Å²) in [4.78, 5) is 29.5. The molecular weight excluding hydrogens is 422 g/mol. The number of Topliss-reactive ketones (excluding diaryl/α,β-unsaturated/α-hetero) is 1. The molecule has 1 aliphatic rings. The molecule has 2 heterocycles. The van der Waals surface area contributed by atoms with Gasteiger partial charge in [0.15, 0.2) is 17.4 Å². The Balaban J connectivity index is 1.87. The molecule has 0 bridgehead atoms. The normalized spacial score (nSPS) is 16.2. The highest BCUT2D eigenvalue weighted by Crippen LogP contribution is 2.42. The van der Waals surface area contributed by atoms with Crippen LogP contribution in [0.2, 0.25) is 0 Å². The number of carbonyl (C=O) groups is 2. The smallest absolute Gasteiger partial charge is 0.294 e. The van der Waals surface area contributed by atoms with Gasteiger partial charge in [-0.05, 0) is 41.3 Å². The molecule has 1 unspecified atom stereocenters. The summed E-state index contributed by atoms with van der Waals surface area (Å²) in [6.45, 7) is 0. The second-order valence-electron chi connectivity index (χ2n) is 7.23. The van der Waals surface area contributed by atoms with Crippen LogP contribution < -0.4 is 9.80 Å². The maximum atomic E-state index is 13.9. The molecule has 1 aliphatic heterocycles. The van der Waals surface area contributed by atoms with Gasteiger partial charge in [0.1, 0.15) is 0 Å². The molecule has 5 nitrogen and oxygen atoms in total. The summed E-state index contributed by atoms with van der Waals surface area (Å²) in [5.74, 6) is -4.25. The molecular formula is C23H18F2N2O3S. The van der Waals surface area contributed by atoms with E-state index in [1.54, 1.807) is 29.6 Å². The van der Waals surface area contributed by atoms with Crippen LogP contribution in [0.5, 0.6) is 0 Å². The van der Waals surface area contributed by atoms with Gasteiger partial charge in [0.05, 0.1) is 16.5 Å². The third-order valence-electron chi connectivity index (χ3n) is 5.10. The monoisotopic (exact) mass is 440 g/mol. The highest BCUT2D eigenvalue weighted by Gasteiger charge is 2.45. The summed E-state index contributed by atoms with van der Waals surface area (Å²) in [5, 5.41) is 12.4. The Bertz CT molecular complexity index is 1190. The van der Waals surface area contributed by atoms with E-state index in [9.17, 15) is 23.5 Å². The van der Waals surface area contributed by atoms with Gasteiger partial charge in [-0.3, -0.25) is 14.5 Å². The van der Waals surface area contributed by atoms with Gasteiger partial charge in [-0.15, -0.1) is 11.3 Å². The molecule has 0 radical (unpaired) electrons. The van der Waals surface area contributed by atoms with E-state index >= 15 is 0 Å². The van der Waals surface area contributed by atoms with E-state index < -0.39 is 35.1 Å². The van der Waals surface area contributed by atoms with Crippen molar-refractivity contribution in [3.63, 3.8) is 0 Å². The van der Waals surface area contributed by atoms with Gasteiger partial charge in [-0.25, -0.2) is 8.78 Å². The molecule has 2 aromatic carbocycles. The average Bonchev–Trinajstić information content (AvgIpc) is 3.37. The van der Waals surface area contributed by atoms with E-state index in [0.29, 0.717) is 10.4 Å². The Morgan fingerprint density at radius 3 is 2.35 bits per heavy atom. The molecule has 1 aromatic heterocycles. The van der Waals surface area contributed by atoms with E-state index in [2.05, 4.69) is 0 Å². The number of hydrogen-bond acceptors (Lipinski definition) is 5. The van der Waals surface area contributed by atoms with Crippen molar-refractivity contribution in [1.82, 2.24) is 0 Å². The standard InChI is InChI=1S/C23H18F2N2O3S/c1-26(2)14-7-5-13(6-8-14)20-19(21(28)18-4-3-11-31-18)22(29)23(30)27(20)15-9-10-16(24)17(25)12-15/h3-12,20,29H,1-2H3. The van der Waals surface area contributed by atoms with Crippen molar-refractivity contribution in [1.29, 1.82) is 0 Å². The molecule has 1 N–H and O–H groups in total. The summed E-state index contributed by atoms with van der Waals surface area (Å²) in [5.41, 5.74) is 1.38. The lowest BCUT2D eigenvalue weighted by Crippen LogP contribution is -2.31. The molecule has 0 saturated carbocycles. The van der Waals surface area contributed by atoms with Crippen molar-refractivity contribution in [2.24, 2.45) is 0 Å². The predicted molar refractivity (Wildman–Crippen MR) is 116 cm³/mol. The molecule has 0 spiro atoms. The Labute approximate surface area is 181 Å². The predicted octanol–water partition coefficient (Wildman–Crippen LogP) is 4.88. The number of hydrogen-bond donors (Lipinski definition) is 1.